The Morgan fingerprint density at radius 1 is 1.47 bits per heavy atom. The molecule has 2 aliphatic heterocycles. The van der Waals surface area contributed by atoms with Gasteiger partial charge in [-0.3, -0.25) is 4.79 Å². The standard InChI is InChI=1S/C11H18N2O3S/c1-3-4-9-7-10(14)13(12-9)11(2)5-6-17(15,16)8-11/h3-8H2,1-2H3. The quantitative estimate of drug-likeness (QED) is 0.757. The van der Waals surface area contributed by atoms with Crippen LogP contribution in [0.25, 0.3) is 0 Å². The lowest BCUT2D eigenvalue weighted by Crippen LogP contribution is -2.45. The molecular weight excluding hydrogens is 240 g/mol. The molecule has 6 heteroatoms. The second-order valence-corrected chi connectivity index (χ2v) is 7.32. The van der Waals surface area contributed by atoms with E-state index in [0.29, 0.717) is 12.8 Å². The minimum atomic E-state index is -3.01. The fraction of sp³-hybridized carbons (Fsp3) is 0.818. The average molecular weight is 258 g/mol. The maximum Gasteiger partial charge on any atom is 0.248 e. The highest BCUT2D eigenvalue weighted by atomic mass is 32.2. The summed E-state index contributed by atoms with van der Waals surface area (Å²) in [4.78, 5) is 11.9. The van der Waals surface area contributed by atoms with Crippen LogP contribution in [0.5, 0.6) is 0 Å². The fourth-order valence-corrected chi connectivity index (χ4v) is 4.60. The van der Waals surface area contributed by atoms with Crippen molar-refractivity contribution in [2.24, 2.45) is 5.10 Å². The number of rotatable bonds is 3. The summed E-state index contributed by atoms with van der Waals surface area (Å²) in [5, 5.41) is 5.73. The second-order valence-electron chi connectivity index (χ2n) is 5.14. The maximum atomic E-state index is 11.9. The fourth-order valence-electron chi connectivity index (χ4n) is 2.49. The largest absolute Gasteiger partial charge is 0.273 e. The molecule has 0 radical (unpaired) electrons. The first kappa shape index (κ1) is 12.5. The molecule has 0 bridgehead atoms. The van der Waals surface area contributed by atoms with Gasteiger partial charge in [0.2, 0.25) is 5.91 Å². The Bertz CT molecular complexity index is 469. The lowest BCUT2D eigenvalue weighted by molar-refractivity contribution is -0.133. The second kappa shape index (κ2) is 4.08. The normalized spacial score (nSPS) is 32.0. The van der Waals surface area contributed by atoms with Crippen LogP contribution in [0.4, 0.5) is 0 Å². The third kappa shape index (κ3) is 2.36. The SMILES string of the molecule is CCCC1=NN(C2(C)CCS(=O)(=O)C2)C(=O)C1. The van der Waals surface area contributed by atoms with Crippen molar-refractivity contribution in [2.75, 3.05) is 11.5 Å². The van der Waals surface area contributed by atoms with Gasteiger partial charge in [0.15, 0.2) is 9.84 Å². The monoisotopic (exact) mass is 258 g/mol. The van der Waals surface area contributed by atoms with Crippen molar-refractivity contribution in [1.82, 2.24) is 5.01 Å². The molecule has 1 amide bonds. The van der Waals surface area contributed by atoms with Gasteiger partial charge in [-0.05, 0) is 19.8 Å². The van der Waals surface area contributed by atoms with E-state index in [0.717, 1.165) is 18.6 Å². The predicted molar refractivity (Wildman–Crippen MR) is 65.5 cm³/mol. The van der Waals surface area contributed by atoms with E-state index in [2.05, 4.69) is 5.10 Å². The molecule has 1 saturated heterocycles. The molecule has 0 aromatic carbocycles. The van der Waals surface area contributed by atoms with Gasteiger partial charge in [0.25, 0.3) is 0 Å². The van der Waals surface area contributed by atoms with Crippen molar-refractivity contribution < 1.29 is 13.2 Å². The number of amides is 1. The van der Waals surface area contributed by atoms with Gasteiger partial charge < -0.3 is 0 Å². The average Bonchev–Trinajstić information content (AvgIpc) is 2.69. The van der Waals surface area contributed by atoms with E-state index < -0.39 is 15.4 Å². The van der Waals surface area contributed by atoms with Crippen LogP contribution in [0, 0.1) is 0 Å². The van der Waals surface area contributed by atoms with Crippen molar-refractivity contribution in [3.8, 4) is 0 Å². The van der Waals surface area contributed by atoms with E-state index in [9.17, 15) is 13.2 Å². The number of carbonyl (C=O) groups is 1. The Hall–Kier alpha value is -0.910. The summed E-state index contributed by atoms with van der Waals surface area (Å²) in [6.07, 6.45) is 2.60. The summed E-state index contributed by atoms with van der Waals surface area (Å²) in [6, 6.07) is 0. The Morgan fingerprint density at radius 3 is 2.71 bits per heavy atom. The van der Waals surface area contributed by atoms with E-state index in [1.165, 1.54) is 5.01 Å². The van der Waals surface area contributed by atoms with E-state index in [1.54, 1.807) is 0 Å². The zero-order chi connectivity index (χ0) is 12.7. The van der Waals surface area contributed by atoms with Crippen molar-refractivity contribution in [2.45, 2.75) is 45.1 Å². The Morgan fingerprint density at radius 2 is 2.18 bits per heavy atom. The van der Waals surface area contributed by atoms with Crippen molar-refractivity contribution in [1.29, 1.82) is 0 Å². The predicted octanol–water partition coefficient (Wildman–Crippen LogP) is 0.952. The van der Waals surface area contributed by atoms with Crippen LogP contribution < -0.4 is 0 Å². The van der Waals surface area contributed by atoms with Crippen molar-refractivity contribution in [3.05, 3.63) is 0 Å². The number of hydrogen-bond acceptors (Lipinski definition) is 4. The molecule has 2 heterocycles. The van der Waals surface area contributed by atoms with Crippen molar-refractivity contribution >= 4 is 21.5 Å². The topological polar surface area (TPSA) is 66.8 Å². The molecule has 2 aliphatic rings. The highest BCUT2D eigenvalue weighted by Gasteiger charge is 2.47. The van der Waals surface area contributed by atoms with Crippen LogP contribution in [0.1, 0.15) is 39.5 Å². The molecule has 1 unspecified atom stereocenters. The molecule has 0 aromatic heterocycles. The summed E-state index contributed by atoms with van der Waals surface area (Å²) >= 11 is 0. The minimum absolute atomic E-state index is 0.0364. The Labute approximate surface area is 102 Å². The summed E-state index contributed by atoms with van der Waals surface area (Å²) in [5.41, 5.74) is 0.244. The van der Waals surface area contributed by atoms with Crippen molar-refractivity contribution in [3.63, 3.8) is 0 Å². The molecule has 0 spiro atoms. The lowest BCUT2D eigenvalue weighted by Gasteiger charge is -2.30. The van der Waals surface area contributed by atoms with Crippen LogP contribution in [0.3, 0.4) is 0 Å². The highest BCUT2D eigenvalue weighted by Crippen LogP contribution is 2.32. The summed E-state index contributed by atoms with van der Waals surface area (Å²) in [7, 11) is -3.01. The van der Waals surface area contributed by atoms with Gasteiger partial charge in [0, 0.05) is 5.71 Å². The van der Waals surface area contributed by atoms with E-state index >= 15 is 0 Å². The molecule has 1 fully saturated rings. The van der Waals surface area contributed by atoms with Crippen LogP contribution in [-0.2, 0) is 14.6 Å². The molecule has 0 aliphatic carbocycles. The summed E-state index contributed by atoms with van der Waals surface area (Å²) in [5.74, 6) is 0.133. The zero-order valence-corrected chi connectivity index (χ0v) is 11.1. The Kier molecular flexibility index (Phi) is 3.01. The molecule has 0 N–H and O–H groups in total. The molecule has 17 heavy (non-hydrogen) atoms. The molecule has 96 valence electrons. The zero-order valence-electron chi connectivity index (χ0n) is 10.3. The van der Waals surface area contributed by atoms with Gasteiger partial charge >= 0.3 is 0 Å². The van der Waals surface area contributed by atoms with E-state index in [-0.39, 0.29) is 17.4 Å². The van der Waals surface area contributed by atoms with Crippen LogP contribution in [0.2, 0.25) is 0 Å². The van der Waals surface area contributed by atoms with Gasteiger partial charge in [-0.15, -0.1) is 0 Å². The molecular formula is C11H18N2O3S. The van der Waals surface area contributed by atoms with Gasteiger partial charge in [-0.2, -0.15) is 5.10 Å². The molecule has 0 saturated carbocycles. The summed E-state index contributed by atoms with van der Waals surface area (Å²) in [6.45, 7) is 3.85. The number of hydrazone groups is 1. The van der Waals surface area contributed by atoms with Crippen LogP contribution >= 0.6 is 0 Å². The first-order valence-corrected chi connectivity index (χ1v) is 7.78. The molecule has 5 nitrogen and oxygen atoms in total. The van der Waals surface area contributed by atoms with Gasteiger partial charge in [-0.1, -0.05) is 13.3 Å². The van der Waals surface area contributed by atoms with Gasteiger partial charge in [-0.25, -0.2) is 13.4 Å². The first-order valence-electron chi connectivity index (χ1n) is 5.96. The highest BCUT2D eigenvalue weighted by molar-refractivity contribution is 7.91. The van der Waals surface area contributed by atoms with Crippen LogP contribution in [-0.4, -0.2) is 42.1 Å². The van der Waals surface area contributed by atoms with E-state index in [4.69, 9.17) is 0 Å². The smallest absolute Gasteiger partial charge is 0.248 e. The molecule has 2 rings (SSSR count). The van der Waals surface area contributed by atoms with Crippen LogP contribution in [0.15, 0.2) is 5.10 Å². The third-order valence-electron chi connectivity index (χ3n) is 3.37. The minimum Gasteiger partial charge on any atom is -0.273 e. The van der Waals surface area contributed by atoms with Gasteiger partial charge in [0.1, 0.15) is 0 Å². The van der Waals surface area contributed by atoms with Gasteiger partial charge in [0.05, 0.1) is 23.5 Å². The summed E-state index contributed by atoms with van der Waals surface area (Å²) < 4.78 is 23.1. The third-order valence-corrected chi connectivity index (χ3v) is 5.25. The maximum absolute atomic E-state index is 11.9. The number of hydrogen-bond donors (Lipinski definition) is 0. The van der Waals surface area contributed by atoms with E-state index in [1.807, 2.05) is 13.8 Å². The Balaban J connectivity index is 2.21. The molecule has 0 aromatic rings. The lowest BCUT2D eigenvalue weighted by atomic mass is 10.0. The number of carbonyl (C=O) groups excluding carboxylic acids is 1. The number of sulfone groups is 1. The first-order chi connectivity index (χ1) is 7.86. The molecule has 1 atom stereocenters. The number of nitrogens with zero attached hydrogens (tertiary/aromatic N) is 2.